The van der Waals surface area contributed by atoms with Crippen molar-refractivity contribution in [1.82, 2.24) is 4.98 Å². The van der Waals surface area contributed by atoms with Gasteiger partial charge >= 0.3 is 6.03 Å². The van der Waals surface area contributed by atoms with E-state index in [0.717, 1.165) is 41.9 Å². The normalized spacial score (nSPS) is 19.1. The Balaban J connectivity index is 1.67. The fraction of sp³-hybridized carbons (Fsp3) is 0.500. The number of thiophene rings is 1. The van der Waals surface area contributed by atoms with E-state index >= 15 is 0 Å². The van der Waals surface area contributed by atoms with Crippen molar-refractivity contribution >= 4 is 33.0 Å². The largest absolute Gasteiger partial charge is 0.386 e. The smallest absolute Gasteiger partial charge is 0.354 e. The van der Waals surface area contributed by atoms with E-state index in [0.29, 0.717) is 35.3 Å². The van der Waals surface area contributed by atoms with Crippen LogP contribution < -0.4 is 10.5 Å². The summed E-state index contributed by atoms with van der Waals surface area (Å²) in [6.45, 7) is 4.94. The number of urea groups is 1. The van der Waals surface area contributed by atoms with E-state index < -0.39 is 27.2 Å². The molecule has 0 aromatic carbocycles. The minimum Gasteiger partial charge on any atom is -0.386 e. The highest BCUT2D eigenvalue weighted by molar-refractivity contribution is 7.93. The first-order chi connectivity index (χ1) is 13.9. The summed E-state index contributed by atoms with van der Waals surface area (Å²) < 4.78 is 31.6. The Hall–Kier alpha value is -1.88. The minimum absolute atomic E-state index is 0.202. The Morgan fingerprint density at radius 2 is 2.13 bits per heavy atom. The molecule has 0 saturated heterocycles. The number of hydrogen-bond acceptors (Lipinski definition) is 5. The van der Waals surface area contributed by atoms with Crippen LogP contribution in [-0.2, 0) is 34.0 Å². The molecule has 0 bridgehead atoms. The van der Waals surface area contributed by atoms with Crippen LogP contribution in [-0.4, -0.2) is 20.3 Å². The zero-order valence-corrected chi connectivity index (χ0v) is 18.8. The second-order valence-electron chi connectivity index (χ2n) is 8.51. The first-order valence-electron chi connectivity index (χ1n) is 9.80. The molecule has 1 atom stereocenters. The molecule has 1 saturated carbocycles. The van der Waals surface area contributed by atoms with Gasteiger partial charge < -0.3 is 10.4 Å². The van der Waals surface area contributed by atoms with Crippen molar-refractivity contribution in [3.63, 3.8) is 0 Å². The molecule has 1 fully saturated rings. The number of pyridine rings is 1. The summed E-state index contributed by atoms with van der Waals surface area (Å²) >= 11 is 1.08. The second kappa shape index (κ2) is 7.08. The van der Waals surface area contributed by atoms with Gasteiger partial charge in [0.15, 0.2) is 15.6 Å². The first-order valence-corrected chi connectivity index (χ1v) is 12.3. The second-order valence-corrected chi connectivity index (χ2v) is 11.4. The maximum Gasteiger partial charge on any atom is 0.354 e. The van der Waals surface area contributed by atoms with Crippen molar-refractivity contribution in [2.24, 2.45) is 9.50 Å². The molecule has 2 aromatic rings. The average molecular weight is 453 g/mol. The number of aliphatic hydroxyl groups is 1. The fourth-order valence-corrected chi connectivity index (χ4v) is 6.00. The Labute approximate surface area is 179 Å². The third-order valence-electron chi connectivity index (χ3n) is 5.60. The molecular formula is C20H25FN4O3S2. The van der Waals surface area contributed by atoms with Crippen LogP contribution in [0, 0.1) is 6.92 Å². The number of nitrogens with one attached hydrogen (secondary N) is 1. The minimum atomic E-state index is -3.49. The van der Waals surface area contributed by atoms with Gasteiger partial charge in [-0.1, -0.05) is 0 Å². The maximum absolute atomic E-state index is 14.8. The van der Waals surface area contributed by atoms with Gasteiger partial charge in [0, 0.05) is 5.69 Å². The molecule has 0 radical (unpaired) electrons. The van der Waals surface area contributed by atoms with E-state index in [-0.39, 0.29) is 4.21 Å². The van der Waals surface area contributed by atoms with Gasteiger partial charge in [-0.15, -0.1) is 15.7 Å². The van der Waals surface area contributed by atoms with Crippen LogP contribution in [0.2, 0.25) is 0 Å². The summed E-state index contributed by atoms with van der Waals surface area (Å²) in [6.07, 6.45) is 3.20. The summed E-state index contributed by atoms with van der Waals surface area (Å²) in [7, 11) is -3.49. The van der Waals surface area contributed by atoms with Gasteiger partial charge in [-0.2, -0.15) is 0 Å². The zero-order valence-electron chi connectivity index (χ0n) is 17.1. The number of aromatic nitrogens is 1. The highest BCUT2D eigenvalue weighted by atomic mass is 32.2. The molecule has 30 heavy (non-hydrogen) atoms. The molecule has 4 N–H and O–H groups in total. The number of anilines is 1. The van der Waals surface area contributed by atoms with Gasteiger partial charge in [0.25, 0.3) is 0 Å². The van der Waals surface area contributed by atoms with Crippen molar-refractivity contribution in [3.8, 4) is 0 Å². The number of nitrogens with zero attached hydrogens (tertiary/aromatic N) is 2. The highest BCUT2D eigenvalue weighted by Crippen LogP contribution is 2.51. The third-order valence-corrected chi connectivity index (χ3v) is 8.46. The summed E-state index contributed by atoms with van der Waals surface area (Å²) in [4.78, 5) is 17.2. The van der Waals surface area contributed by atoms with Gasteiger partial charge in [-0.05, 0) is 81.0 Å². The number of amides is 2. The number of halogens is 1. The monoisotopic (exact) mass is 452 g/mol. The molecule has 0 unspecified atom stereocenters. The van der Waals surface area contributed by atoms with Crippen LogP contribution in [0.5, 0.6) is 0 Å². The van der Waals surface area contributed by atoms with Crippen LogP contribution in [0.1, 0.15) is 61.2 Å². The van der Waals surface area contributed by atoms with Gasteiger partial charge in [-0.3, -0.25) is 4.98 Å². The standard InChI is InChI=1S/C20H25FN4O3S2/c1-11-16(13-5-4-6-14(13)23-17(11)20(21)7-8-20)24-18(26)25-30(22,28)15-9-12(10-29-15)19(2,3)27/h9-10,27H,4-8H2,1-3H3,(H3,22,23,24,25,26,28)/t30-/m0/s1. The lowest BCUT2D eigenvalue weighted by molar-refractivity contribution is 0.0789. The number of alkyl halides is 1. The van der Waals surface area contributed by atoms with Crippen molar-refractivity contribution in [2.75, 3.05) is 5.32 Å². The van der Waals surface area contributed by atoms with Crippen LogP contribution >= 0.6 is 11.3 Å². The van der Waals surface area contributed by atoms with Crippen molar-refractivity contribution in [3.05, 3.63) is 39.5 Å². The number of hydrogen-bond donors (Lipinski definition) is 3. The average Bonchev–Trinajstić information content (AvgIpc) is 3.06. The molecule has 2 aliphatic carbocycles. The molecule has 2 heterocycles. The van der Waals surface area contributed by atoms with Crippen LogP contribution in [0.4, 0.5) is 14.9 Å². The van der Waals surface area contributed by atoms with Gasteiger partial charge in [-0.25, -0.2) is 18.5 Å². The summed E-state index contributed by atoms with van der Waals surface area (Å²) in [5.74, 6) is 0. The topological polar surface area (TPSA) is 118 Å². The molecule has 10 heteroatoms. The number of carbonyl (C=O) groups excluding carboxylic acids is 1. The summed E-state index contributed by atoms with van der Waals surface area (Å²) in [5.41, 5.74) is 1.14. The lowest BCUT2D eigenvalue weighted by Gasteiger charge is -2.17. The highest BCUT2D eigenvalue weighted by Gasteiger charge is 2.48. The number of nitrogens with two attached hydrogens (primary N) is 1. The molecule has 0 spiro atoms. The van der Waals surface area contributed by atoms with E-state index in [1.807, 2.05) is 0 Å². The van der Waals surface area contributed by atoms with Crippen molar-refractivity contribution in [1.29, 1.82) is 0 Å². The number of carbonyl (C=O) groups is 1. The van der Waals surface area contributed by atoms with E-state index in [9.17, 15) is 18.5 Å². The maximum atomic E-state index is 14.8. The Morgan fingerprint density at radius 1 is 1.43 bits per heavy atom. The van der Waals surface area contributed by atoms with Crippen LogP contribution in [0.25, 0.3) is 0 Å². The predicted octanol–water partition coefficient (Wildman–Crippen LogP) is 4.06. The predicted molar refractivity (Wildman–Crippen MR) is 115 cm³/mol. The molecule has 7 nitrogen and oxygen atoms in total. The van der Waals surface area contributed by atoms with Gasteiger partial charge in [0.05, 0.1) is 17.0 Å². The molecule has 2 aromatic heterocycles. The van der Waals surface area contributed by atoms with E-state index in [2.05, 4.69) is 14.7 Å². The third kappa shape index (κ3) is 3.89. The molecule has 162 valence electrons. The Kier molecular flexibility index (Phi) is 5.04. The number of fused-ring (bicyclic) bond motifs is 1. The van der Waals surface area contributed by atoms with E-state index in [1.165, 1.54) is 6.07 Å². The van der Waals surface area contributed by atoms with E-state index in [4.69, 9.17) is 5.14 Å². The zero-order chi connectivity index (χ0) is 21.9. The Bertz CT molecular complexity index is 1160. The van der Waals surface area contributed by atoms with Crippen LogP contribution in [0.3, 0.4) is 0 Å². The first kappa shape index (κ1) is 21.4. The summed E-state index contributed by atoms with van der Waals surface area (Å²) in [6, 6.07) is 0.649. The molecule has 4 rings (SSSR count). The van der Waals surface area contributed by atoms with Crippen molar-refractivity contribution < 1.29 is 18.5 Å². The van der Waals surface area contributed by atoms with Gasteiger partial charge in [0.2, 0.25) is 0 Å². The fourth-order valence-electron chi connectivity index (χ4n) is 3.72. The lowest BCUT2D eigenvalue weighted by Crippen LogP contribution is -2.19. The number of rotatable bonds is 4. The van der Waals surface area contributed by atoms with Gasteiger partial charge in [0.1, 0.15) is 4.21 Å². The number of aryl methyl sites for hydroxylation is 1. The van der Waals surface area contributed by atoms with Crippen LogP contribution in [0.15, 0.2) is 20.0 Å². The summed E-state index contributed by atoms with van der Waals surface area (Å²) in [5, 5.41) is 20.3. The van der Waals surface area contributed by atoms with Crippen molar-refractivity contribution in [2.45, 2.75) is 68.4 Å². The Morgan fingerprint density at radius 3 is 2.73 bits per heavy atom. The quantitative estimate of drug-likeness (QED) is 0.648. The molecular weight excluding hydrogens is 427 g/mol. The molecule has 2 aliphatic rings. The SMILES string of the molecule is Cc1c(C2(F)CC2)nc2c(c1NC(=O)N=[S@](N)(=O)c1cc(C(C)(C)O)cs1)CCC2. The molecule has 2 amide bonds. The van der Waals surface area contributed by atoms with E-state index in [1.54, 1.807) is 26.2 Å². The lowest BCUT2D eigenvalue weighted by atomic mass is 10.0. The molecule has 0 aliphatic heterocycles.